The fourth-order valence-electron chi connectivity index (χ4n) is 2.20. The van der Waals surface area contributed by atoms with E-state index in [-0.39, 0.29) is 0 Å². The Kier molecular flexibility index (Phi) is 4.52. The third-order valence-corrected chi connectivity index (χ3v) is 3.16. The molecule has 3 aromatic rings. The number of pyridine rings is 1. The minimum atomic E-state index is 0.486. The number of hydrogen-bond donors (Lipinski definition) is 1. The third-order valence-electron chi connectivity index (χ3n) is 3.16. The van der Waals surface area contributed by atoms with Crippen molar-refractivity contribution in [2.75, 3.05) is 18.5 Å². The van der Waals surface area contributed by atoms with Crippen molar-refractivity contribution in [1.29, 1.82) is 0 Å². The van der Waals surface area contributed by atoms with Gasteiger partial charge in [0.15, 0.2) is 11.6 Å². The van der Waals surface area contributed by atoms with E-state index in [2.05, 4.69) is 20.3 Å². The normalized spacial score (nSPS) is 12.3. The zero-order valence-corrected chi connectivity index (χ0v) is 13.1. The van der Waals surface area contributed by atoms with Crippen LogP contribution in [0, 0.1) is 0 Å². The summed E-state index contributed by atoms with van der Waals surface area (Å²) in [5.74, 6) is 1.75. The van der Waals surface area contributed by atoms with E-state index in [1.54, 1.807) is 0 Å². The topological polar surface area (TPSA) is 69.2 Å². The summed E-state index contributed by atoms with van der Waals surface area (Å²) in [7, 11) is 0. The molecule has 0 amide bonds. The smallest absolute Gasteiger partial charge is 0.257 e. The monoisotopic (exact) mass is 310 g/mol. The van der Waals surface area contributed by atoms with E-state index >= 15 is 0 Å². The maximum atomic E-state index is 5.52. The Hall–Kier alpha value is -2.89. The van der Waals surface area contributed by atoms with Gasteiger partial charge >= 0.3 is 0 Å². The Labute approximate surface area is 134 Å². The van der Waals surface area contributed by atoms with Gasteiger partial charge in [0.05, 0.1) is 5.52 Å². The molecule has 0 radical (unpaired) electrons. The lowest BCUT2D eigenvalue weighted by Crippen LogP contribution is -2.16. The maximum absolute atomic E-state index is 5.52. The van der Waals surface area contributed by atoms with Crippen molar-refractivity contribution in [3.8, 4) is 11.6 Å². The van der Waals surface area contributed by atoms with E-state index in [1.165, 1.54) is 6.33 Å². The fourth-order valence-corrected chi connectivity index (χ4v) is 2.20. The first-order valence-electron chi connectivity index (χ1n) is 7.63. The summed E-state index contributed by atoms with van der Waals surface area (Å²) >= 11 is 0. The number of ether oxygens (including phenoxy) is 2. The molecule has 1 aromatic carbocycles. The van der Waals surface area contributed by atoms with Gasteiger partial charge in [-0.05, 0) is 12.1 Å². The van der Waals surface area contributed by atoms with Gasteiger partial charge in [0.1, 0.15) is 25.1 Å². The van der Waals surface area contributed by atoms with Crippen molar-refractivity contribution in [3.05, 3.63) is 42.7 Å². The Morgan fingerprint density at radius 1 is 1.00 bits per heavy atom. The second-order valence-electron chi connectivity index (χ2n) is 4.57. The number of fused-ring (bicyclic) bond motifs is 2. The van der Waals surface area contributed by atoms with Crippen molar-refractivity contribution < 1.29 is 9.47 Å². The molecule has 1 aliphatic rings. The molecule has 0 atom stereocenters. The van der Waals surface area contributed by atoms with E-state index in [1.807, 2.05) is 50.2 Å². The number of nitrogens with zero attached hydrogens (tertiary/aromatic N) is 3. The van der Waals surface area contributed by atoms with Crippen molar-refractivity contribution in [2.45, 2.75) is 13.8 Å². The molecule has 0 spiro atoms. The molecule has 1 aliphatic heterocycles. The largest absolute Gasteiger partial charge is 0.484 e. The predicted molar refractivity (Wildman–Crippen MR) is 89.4 cm³/mol. The average Bonchev–Trinajstić information content (AvgIpc) is 2.63. The standard InChI is InChI=1S/C15H12N4O2.C2H6/c1-2-4-10(5-3-1)18-14-13-11(16-9-17-14)8-12-15(19-13)21-7-6-20-12;1-2/h1-5,8-9H,6-7H2,(H,16,17,18);1-2H3. The first-order valence-corrected chi connectivity index (χ1v) is 7.63. The Morgan fingerprint density at radius 3 is 2.61 bits per heavy atom. The molecule has 0 aliphatic carbocycles. The molecule has 0 bridgehead atoms. The molecule has 3 heterocycles. The Bertz CT molecular complexity index is 793. The van der Waals surface area contributed by atoms with Gasteiger partial charge in [0, 0.05) is 11.8 Å². The lowest BCUT2D eigenvalue weighted by atomic mass is 10.3. The van der Waals surface area contributed by atoms with Crippen molar-refractivity contribution in [3.63, 3.8) is 0 Å². The molecule has 23 heavy (non-hydrogen) atoms. The number of benzene rings is 1. The second-order valence-corrected chi connectivity index (χ2v) is 4.57. The van der Waals surface area contributed by atoms with Gasteiger partial charge in [-0.15, -0.1) is 0 Å². The van der Waals surface area contributed by atoms with E-state index in [0.717, 1.165) is 5.69 Å². The van der Waals surface area contributed by atoms with E-state index in [4.69, 9.17) is 9.47 Å². The van der Waals surface area contributed by atoms with Gasteiger partial charge in [-0.1, -0.05) is 32.0 Å². The summed E-state index contributed by atoms with van der Waals surface area (Å²) in [5.41, 5.74) is 2.31. The lowest BCUT2D eigenvalue weighted by Gasteiger charge is -2.18. The summed E-state index contributed by atoms with van der Waals surface area (Å²) < 4.78 is 11.0. The molecular formula is C17H18N4O2. The molecule has 118 valence electrons. The van der Waals surface area contributed by atoms with Crippen LogP contribution in [0.3, 0.4) is 0 Å². The maximum Gasteiger partial charge on any atom is 0.257 e. The number of nitrogens with one attached hydrogen (secondary N) is 1. The molecular weight excluding hydrogens is 292 g/mol. The number of para-hydroxylation sites is 1. The highest BCUT2D eigenvalue weighted by Crippen LogP contribution is 2.32. The van der Waals surface area contributed by atoms with Crippen LogP contribution in [-0.2, 0) is 0 Å². The van der Waals surface area contributed by atoms with Crippen LogP contribution in [0.1, 0.15) is 13.8 Å². The molecule has 0 saturated carbocycles. The zero-order chi connectivity index (χ0) is 16.1. The third kappa shape index (κ3) is 3.15. The summed E-state index contributed by atoms with van der Waals surface area (Å²) in [6.07, 6.45) is 1.51. The molecule has 6 nitrogen and oxygen atoms in total. The van der Waals surface area contributed by atoms with Crippen LogP contribution >= 0.6 is 0 Å². The van der Waals surface area contributed by atoms with Crippen LogP contribution in [0.4, 0.5) is 11.5 Å². The summed E-state index contributed by atoms with van der Waals surface area (Å²) in [5, 5.41) is 3.24. The van der Waals surface area contributed by atoms with E-state index < -0.39 is 0 Å². The minimum absolute atomic E-state index is 0.486. The number of hydrogen-bond acceptors (Lipinski definition) is 6. The lowest BCUT2D eigenvalue weighted by molar-refractivity contribution is 0.165. The number of aromatic nitrogens is 3. The minimum Gasteiger partial charge on any atom is -0.484 e. The fraction of sp³-hybridized carbons (Fsp3) is 0.235. The molecule has 2 aromatic heterocycles. The van der Waals surface area contributed by atoms with Crippen molar-refractivity contribution >= 4 is 22.5 Å². The first-order chi connectivity index (χ1) is 11.4. The van der Waals surface area contributed by atoms with Crippen molar-refractivity contribution in [1.82, 2.24) is 15.0 Å². The number of anilines is 2. The summed E-state index contributed by atoms with van der Waals surface area (Å²) in [4.78, 5) is 13.0. The molecule has 0 saturated heterocycles. The molecule has 0 fully saturated rings. The molecule has 4 rings (SSSR count). The Balaban J connectivity index is 0.000000753. The van der Waals surface area contributed by atoms with Crippen LogP contribution < -0.4 is 14.8 Å². The van der Waals surface area contributed by atoms with Gasteiger partial charge in [-0.2, -0.15) is 0 Å². The highest BCUT2D eigenvalue weighted by Gasteiger charge is 2.17. The SMILES string of the molecule is CC.c1ccc(Nc2ncnc3cc4c(nc23)OCCO4)cc1. The predicted octanol–water partition coefficient (Wildman–Crippen LogP) is 3.57. The van der Waals surface area contributed by atoms with Gasteiger partial charge in [0.25, 0.3) is 5.88 Å². The average molecular weight is 310 g/mol. The van der Waals surface area contributed by atoms with E-state index in [0.29, 0.717) is 41.7 Å². The van der Waals surface area contributed by atoms with Crippen molar-refractivity contribution in [2.24, 2.45) is 0 Å². The Morgan fingerprint density at radius 2 is 1.78 bits per heavy atom. The zero-order valence-electron chi connectivity index (χ0n) is 13.1. The highest BCUT2D eigenvalue weighted by atomic mass is 16.6. The van der Waals surface area contributed by atoms with Gasteiger partial charge < -0.3 is 14.8 Å². The number of rotatable bonds is 2. The van der Waals surface area contributed by atoms with Crippen LogP contribution in [-0.4, -0.2) is 28.2 Å². The summed E-state index contributed by atoms with van der Waals surface area (Å²) in [6.45, 7) is 5.03. The second kappa shape index (κ2) is 6.91. The molecule has 6 heteroatoms. The van der Waals surface area contributed by atoms with Crippen LogP contribution in [0.25, 0.3) is 11.0 Å². The molecule has 0 unspecified atom stereocenters. The van der Waals surface area contributed by atoms with Crippen LogP contribution in [0.5, 0.6) is 11.6 Å². The van der Waals surface area contributed by atoms with Gasteiger partial charge in [-0.25, -0.2) is 15.0 Å². The van der Waals surface area contributed by atoms with Crippen LogP contribution in [0.2, 0.25) is 0 Å². The van der Waals surface area contributed by atoms with Gasteiger partial charge in [-0.3, -0.25) is 0 Å². The first kappa shape index (κ1) is 15.0. The quantitative estimate of drug-likeness (QED) is 0.780. The van der Waals surface area contributed by atoms with E-state index in [9.17, 15) is 0 Å². The highest BCUT2D eigenvalue weighted by molar-refractivity contribution is 5.88. The molecule has 1 N–H and O–H groups in total. The van der Waals surface area contributed by atoms with Gasteiger partial charge in [0.2, 0.25) is 0 Å². The van der Waals surface area contributed by atoms with Crippen LogP contribution in [0.15, 0.2) is 42.7 Å². The summed E-state index contributed by atoms with van der Waals surface area (Å²) in [6, 6.07) is 11.6.